The number of methoxy groups -OCH3 is 1. The maximum Gasteiger partial charge on any atom is 0.310 e. The minimum atomic E-state index is -0.759. The summed E-state index contributed by atoms with van der Waals surface area (Å²) in [5, 5.41) is 9.17. The molecule has 0 aromatic heterocycles. The third-order valence-electron chi connectivity index (χ3n) is 6.81. The number of ether oxygens (including phenoxy) is 1. The van der Waals surface area contributed by atoms with Gasteiger partial charge in [0.05, 0.1) is 5.92 Å². The summed E-state index contributed by atoms with van der Waals surface area (Å²) in [6.45, 7) is 10.2. The zero-order valence-corrected chi connectivity index (χ0v) is 19.1. The Bertz CT molecular complexity index is 884. The number of aliphatic carboxylic acids is 1. The summed E-state index contributed by atoms with van der Waals surface area (Å²) in [7, 11) is 1.76. The van der Waals surface area contributed by atoms with Crippen molar-refractivity contribution in [3.8, 4) is 0 Å². The van der Waals surface area contributed by atoms with Crippen LogP contribution < -0.4 is 0 Å². The van der Waals surface area contributed by atoms with Crippen molar-refractivity contribution in [2.75, 3.05) is 13.7 Å². The molecule has 1 aromatic carbocycles. The van der Waals surface area contributed by atoms with Crippen molar-refractivity contribution in [3.05, 3.63) is 64.3 Å². The Hall–Kier alpha value is -2.13. The van der Waals surface area contributed by atoms with Crippen molar-refractivity contribution in [1.82, 2.24) is 0 Å². The summed E-state index contributed by atoms with van der Waals surface area (Å²) in [5.74, 6) is -1.16. The minimum absolute atomic E-state index is 0.178. The lowest BCUT2D eigenvalue weighted by Crippen LogP contribution is -2.34. The molecule has 1 N–H and O–H groups in total. The SMILES string of the molecule is COCCCc1cc2c(cc1/C=C/C1=CCC(C(=O)O)C=C1)C(C)(C)CCC2(C)C. The molecular formula is C27H36O3. The summed E-state index contributed by atoms with van der Waals surface area (Å²) in [6, 6.07) is 4.85. The van der Waals surface area contributed by atoms with Gasteiger partial charge >= 0.3 is 5.97 Å². The van der Waals surface area contributed by atoms with E-state index in [2.05, 4.69) is 52.0 Å². The second kappa shape index (κ2) is 8.93. The number of fused-ring (bicyclic) bond motifs is 1. The molecule has 1 unspecified atom stereocenters. The lowest BCUT2D eigenvalue weighted by atomic mass is 9.62. The number of hydrogen-bond donors (Lipinski definition) is 1. The predicted molar refractivity (Wildman–Crippen MR) is 124 cm³/mol. The van der Waals surface area contributed by atoms with E-state index in [0.717, 1.165) is 25.0 Å². The number of aryl methyl sites for hydroxylation is 1. The molecule has 1 atom stereocenters. The van der Waals surface area contributed by atoms with E-state index < -0.39 is 11.9 Å². The van der Waals surface area contributed by atoms with E-state index in [1.54, 1.807) is 13.2 Å². The molecule has 0 saturated carbocycles. The van der Waals surface area contributed by atoms with Crippen molar-refractivity contribution in [3.63, 3.8) is 0 Å². The average Bonchev–Trinajstić information content (AvgIpc) is 2.70. The fraction of sp³-hybridized carbons (Fsp3) is 0.519. The van der Waals surface area contributed by atoms with Crippen LogP contribution in [-0.4, -0.2) is 24.8 Å². The Labute approximate surface area is 181 Å². The first-order valence-corrected chi connectivity index (χ1v) is 11.1. The van der Waals surface area contributed by atoms with Crippen LogP contribution in [0.2, 0.25) is 0 Å². The van der Waals surface area contributed by atoms with E-state index in [-0.39, 0.29) is 10.8 Å². The van der Waals surface area contributed by atoms with Gasteiger partial charge in [0, 0.05) is 13.7 Å². The van der Waals surface area contributed by atoms with Crippen molar-refractivity contribution >= 4 is 12.0 Å². The fourth-order valence-corrected chi connectivity index (χ4v) is 4.58. The van der Waals surface area contributed by atoms with Crippen molar-refractivity contribution in [2.24, 2.45) is 5.92 Å². The lowest BCUT2D eigenvalue weighted by molar-refractivity contribution is -0.139. The maximum absolute atomic E-state index is 11.2. The van der Waals surface area contributed by atoms with E-state index in [9.17, 15) is 4.79 Å². The van der Waals surface area contributed by atoms with E-state index >= 15 is 0 Å². The molecule has 0 spiro atoms. The molecule has 0 saturated heterocycles. The first-order valence-electron chi connectivity index (χ1n) is 11.1. The average molecular weight is 409 g/mol. The van der Waals surface area contributed by atoms with Crippen LogP contribution in [0.3, 0.4) is 0 Å². The highest BCUT2D eigenvalue weighted by Crippen LogP contribution is 2.46. The highest BCUT2D eigenvalue weighted by atomic mass is 16.5. The van der Waals surface area contributed by atoms with E-state index in [4.69, 9.17) is 9.84 Å². The molecule has 0 heterocycles. The van der Waals surface area contributed by atoms with Crippen LogP contribution >= 0.6 is 0 Å². The quantitative estimate of drug-likeness (QED) is 0.545. The molecular weight excluding hydrogens is 372 g/mol. The van der Waals surface area contributed by atoms with Crippen molar-refractivity contribution < 1.29 is 14.6 Å². The van der Waals surface area contributed by atoms with E-state index in [0.29, 0.717) is 6.42 Å². The minimum Gasteiger partial charge on any atom is -0.481 e. The van der Waals surface area contributed by atoms with Gasteiger partial charge in [-0.1, -0.05) is 70.2 Å². The topological polar surface area (TPSA) is 46.5 Å². The molecule has 0 bridgehead atoms. The van der Waals surface area contributed by atoms with Crippen LogP contribution in [0.1, 0.15) is 75.6 Å². The van der Waals surface area contributed by atoms with Crippen molar-refractivity contribution in [1.29, 1.82) is 0 Å². The van der Waals surface area contributed by atoms with Crippen LogP contribution in [0, 0.1) is 5.92 Å². The zero-order valence-electron chi connectivity index (χ0n) is 19.1. The number of carboxylic acid groups (broad SMARTS) is 1. The number of carboxylic acids is 1. The zero-order chi connectivity index (χ0) is 21.9. The Morgan fingerprint density at radius 3 is 2.37 bits per heavy atom. The van der Waals surface area contributed by atoms with Crippen LogP contribution in [0.5, 0.6) is 0 Å². The van der Waals surface area contributed by atoms with Crippen LogP contribution in [0.15, 0.2) is 42.0 Å². The molecule has 2 aliphatic rings. The molecule has 162 valence electrons. The second-order valence-electron chi connectivity index (χ2n) is 10.0. The third-order valence-corrected chi connectivity index (χ3v) is 6.81. The monoisotopic (exact) mass is 408 g/mol. The van der Waals surface area contributed by atoms with Gasteiger partial charge in [-0.05, 0) is 70.8 Å². The number of hydrogen-bond acceptors (Lipinski definition) is 2. The first kappa shape index (κ1) is 22.6. The maximum atomic E-state index is 11.2. The summed E-state index contributed by atoms with van der Waals surface area (Å²) >= 11 is 0. The first-order chi connectivity index (χ1) is 14.1. The molecule has 0 radical (unpaired) electrons. The smallest absolute Gasteiger partial charge is 0.310 e. The fourth-order valence-electron chi connectivity index (χ4n) is 4.58. The van der Waals surface area contributed by atoms with Gasteiger partial charge in [0.1, 0.15) is 0 Å². The second-order valence-corrected chi connectivity index (χ2v) is 10.0. The van der Waals surface area contributed by atoms with Crippen molar-refractivity contribution in [2.45, 2.75) is 70.6 Å². The van der Waals surface area contributed by atoms with Gasteiger partial charge < -0.3 is 9.84 Å². The van der Waals surface area contributed by atoms with Gasteiger partial charge in [-0.25, -0.2) is 0 Å². The number of carbonyl (C=O) groups is 1. The number of allylic oxidation sites excluding steroid dienone is 4. The summed E-state index contributed by atoms with van der Waals surface area (Å²) in [5.41, 5.74) is 7.05. The van der Waals surface area contributed by atoms with E-state index in [1.807, 2.05) is 12.2 Å². The van der Waals surface area contributed by atoms with Gasteiger partial charge in [-0.3, -0.25) is 4.79 Å². The molecule has 3 nitrogen and oxygen atoms in total. The molecule has 0 fully saturated rings. The van der Waals surface area contributed by atoms with Gasteiger partial charge in [0.25, 0.3) is 0 Å². The summed E-state index contributed by atoms with van der Waals surface area (Å²) in [6.07, 6.45) is 15.0. The molecule has 3 heteroatoms. The Kier molecular flexibility index (Phi) is 6.71. The highest BCUT2D eigenvalue weighted by Gasteiger charge is 2.37. The van der Waals surface area contributed by atoms with Crippen LogP contribution in [0.4, 0.5) is 0 Å². The molecule has 2 aliphatic carbocycles. The summed E-state index contributed by atoms with van der Waals surface area (Å²) < 4.78 is 5.29. The Balaban J connectivity index is 1.96. The standard InChI is InChI=1S/C27H36O3/c1-26(2)14-15-27(3,4)24-18-22(21(17-23(24)26)7-6-16-30-5)13-10-19-8-11-20(12-9-19)25(28)29/h8-11,13,17-18,20H,6-7,12,14-16H2,1-5H3,(H,28,29)/b13-10+. The molecule has 30 heavy (non-hydrogen) atoms. The molecule has 3 rings (SSSR count). The number of benzene rings is 1. The van der Waals surface area contributed by atoms with Gasteiger partial charge in [-0.2, -0.15) is 0 Å². The van der Waals surface area contributed by atoms with E-state index in [1.165, 1.54) is 35.1 Å². The molecule has 0 aliphatic heterocycles. The predicted octanol–water partition coefficient (Wildman–Crippen LogP) is 6.21. The van der Waals surface area contributed by atoms with Gasteiger partial charge in [0.15, 0.2) is 0 Å². The van der Waals surface area contributed by atoms with Crippen LogP contribution in [-0.2, 0) is 26.8 Å². The van der Waals surface area contributed by atoms with Crippen LogP contribution in [0.25, 0.3) is 6.08 Å². The lowest BCUT2D eigenvalue weighted by Gasteiger charge is -2.42. The van der Waals surface area contributed by atoms with Gasteiger partial charge in [0.2, 0.25) is 0 Å². The molecule has 0 amide bonds. The van der Waals surface area contributed by atoms with Gasteiger partial charge in [-0.15, -0.1) is 0 Å². The Morgan fingerprint density at radius 1 is 1.13 bits per heavy atom. The summed E-state index contributed by atoms with van der Waals surface area (Å²) in [4.78, 5) is 11.2. The largest absolute Gasteiger partial charge is 0.481 e. The molecule has 1 aromatic rings. The Morgan fingerprint density at radius 2 is 1.80 bits per heavy atom. The highest BCUT2D eigenvalue weighted by molar-refractivity contribution is 5.73. The third kappa shape index (κ3) is 4.95. The normalized spacial score (nSPS) is 22.0. The number of rotatable bonds is 7.